The van der Waals surface area contributed by atoms with Crippen LogP contribution in [0.15, 0.2) is 18.7 Å². The number of imidazole rings is 1. The predicted molar refractivity (Wildman–Crippen MR) is 37.4 cm³/mol. The summed E-state index contributed by atoms with van der Waals surface area (Å²) in [5, 5.41) is 3.00. The number of hydrogen-bond donors (Lipinski definition) is 2. The Morgan fingerprint density at radius 3 is 2.70 bits per heavy atom. The first-order chi connectivity index (χ1) is 5.00. The maximum Gasteiger partial charge on any atom is 0.0966 e. The highest BCUT2D eigenvalue weighted by molar-refractivity contribution is 4.64. The lowest BCUT2D eigenvalue weighted by atomic mass is 10.7. The molecule has 1 aliphatic heterocycles. The smallest absolute Gasteiger partial charge is 0.0966 e. The summed E-state index contributed by atoms with van der Waals surface area (Å²) < 4.78 is 4.83. The van der Waals surface area contributed by atoms with Crippen molar-refractivity contribution in [1.82, 2.24) is 15.3 Å². The van der Waals surface area contributed by atoms with Crippen molar-refractivity contribution in [2.24, 2.45) is 0 Å². The molecule has 0 aromatic carbocycles. The van der Waals surface area contributed by atoms with Crippen molar-refractivity contribution in [1.29, 1.82) is 0 Å². The number of rotatable bonds is 0. The molecule has 1 fully saturated rings. The van der Waals surface area contributed by atoms with Gasteiger partial charge in [-0.05, 0) is 0 Å². The van der Waals surface area contributed by atoms with Gasteiger partial charge in [-0.2, -0.15) is 0 Å². The standard InChI is InChI=1S/C3H4N2.C3H7NO/c2*1-2-5-3-4-1/h1-3H,(H,4,5);4H,1-3H2. The minimum Gasteiger partial charge on any atom is -0.365 e. The summed E-state index contributed by atoms with van der Waals surface area (Å²) >= 11 is 0. The van der Waals surface area contributed by atoms with E-state index in [0.717, 1.165) is 19.9 Å². The van der Waals surface area contributed by atoms with Crippen LogP contribution in [-0.2, 0) is 4.74 Å². The molecule has 0 radical (unpaired) electrons. The minimum atomic E-state index is 0.750. The van der Waals surface area contributed by atoms with E-state index in [1.807, 2.05) is 0 Å². The van der Waals surface area contributed by atoms with Gasteiger partial charge in [0.25, 0.3) is 0 Å². The van der Waals surface area contributed by atoms with Gasteiger partial charge in [-0.3, -0.25) is 5.32 Å². The minimum absolute atomic E-state index is 0.750. The largest absolute Gasteiger partial charge is 0.365 e. The van der Waals surface area contributed by atoms with Crippen LogP contribution in [-0.4, -0.2) is 29.9 Å². The second-order valence-corrected chi connectivity index (χ2v) is 1.81. The molecule has 2 N–H and O–H groups in total. The second-order valence-electron chi connectivity index (χ2n) is 1.81. The van der Waals surface area contributed by atoms with Crippen LogP contribution >= 0.6 is 0 Å². The third kappa shape index (κ3) is 3.21. The monoisotopic (exact) mass is 141 g/mol. The van der Waals surface area contributed by atoms with Gasteiger partial charge in [0.1, 0.15) is 0 Å². The van der Waals surface area contributed by atoms with Gasteiger partial charge in [0.15, 0.2) is 0 Å². The summed E-state index contributed by atoms with van der Waals surface area (Å²) in [5.74, 6) is 0. The number of ether oxygens (including phenoxy) is 1. The van der Waals surface area contributed by atoms with Crippen LogP contribution in [0.5, 0.6) is 0 Å². The fraction of sp³-hybridized carbons (Fsp3) is 0.500. The van der Waals surface area contributed by atoms with Crippen LogP contribution in [0.1, 0.15) is 0 Å². The first-order valence-electron chi connectivity index (χ1n) is 3.21. The molecule has 1 aromatic rings. The summed E-state index contributed by atoms with van der Waals surface area (Å²) in [5.41, 5.74) is 0. The van der Waals surface area contributed by atoms with E-state index < -0.39 is 0 Å². The van der Waals surface area contributed by atoms with Gasteiger partial charge in [0.2, 0.25) is 0 Å². The van der Waals surface area contributed by atoms with Crippen LogP contribution in [0.4, 0.5) is 0 Å². The average molecular weight is 141 g/mol. The molecule has 0 atom stereocenters. The van der Waals surface area contributed by atoms with Crippen molar-refractivity contribution in [2.45, 2.75) is 0 Å². The summed E-state index contributed by atoms with van der Waals surface area (Å²) in [7, 11) is 0. The Morgan fingerprint density at radius 2 is 2.50 bits per heavy atom. The highest BCUT2D eigenvalue weighted by Crippen LogP contribution is 1.75. The molecule has 0 aliphatic carbocycles. The molecule has 4 heteroatoms. The Hall–Kier alpha value is -0.870. The molecule has 1 aliphatic rings. The van der Waals surface area contributed by atoms with Crippen molar-refractivity contribution in [3.05, 3.63) is 18.7 Å². The Labute approximate surface area is 59.6 Å². The van der Waals surface area contributed by atoms with E-state index >= 15 is 0 Å². The fourth-order valence-corrected chi connectivity index (χ4v) is 0.576. The van der Waals surface area contributed by atoms with Crippen LogP contribution < -0.4 is 5.32 Å². The Morgan fingerprint density at radius 1 is 1.50 bits per heavy atom. The zero-order valence-electron chi connectivity index (χ0n) is 5.71. The number of aromatic nitrogens is 2. The summed E-state index contributed by atoms with van der Waals surface area (Å²) in [6.45, 7) is 2.67. The maximum atomic E-state index is 4.83. The first kappa shape index (κ1) is 7.24. The molecule has 2 rings (SSSR count). The van der Waals surface area contributed by atoms with Gasteiger partial charge in [0.05, 0.1) is 19.7 Å². The van der Waals surface area contributed by atoms with Crippen molar-refractivity contribution in [3.8, 4) is 0 Å². The Balaban J connectivity index is 0.0000001000. The lowest BCUT2D eigenvalue weighted by Gasteiger charge is -1.76. The number of hydrogen-bond acceptors (Lipinski definition) is 3. The van der Waals surface area contributed by atoms with E-state index in [2.05, 4.69) is 15.3 Å². The predicted octanol–water partition coefficient (Wildman–Crippen LogP) is -0.0266. The van der Waals surface area contributed by atoms with E-state index in [-0.39, 0.29) is 0 Å². The third-order valence-electron chi connectivity index (χ3n) is 1.03. The van der Waals surface area contributed by atoms with E-state index in [1.54, 1.807) is 18.7 Å². The topological polar surface area (TPSA) is 49.9 Å². The van der Waals surface area contributed by atoms with Gasteiger partial charge >= 0.3 is 0 Å². The molecule has 0 saturated carbocycles. The Bertz CT molecular complexity index is 112. The van der Waals surface area contributed by atoms with Gasteiger partial charge < -0.3 is 9.72 Å². The first-order valence-corrected chi connectivity index (χ1v) is 3.21. The van der Waals surface area contributed by atoms with E-state index in [0.29, 0.717) is 0 Å². The summed E-state index contributed by atoms with van der Waals surface area (Å²) in [4.78, 5) is 6.42. The number of nitrogens with zero attached hydrogens (tertiary/aromatic N) is 1. The van der Waals surface area contributed by atoms with Crippen LogP contribution in [0.25, 0.3) is 0 Å². The molecule has 0 spiro atoms. The highest BCUT2D eigenvalue weighted by atomic mass is 16.5. The van der Waals surface area contributed by atoms with Crippen molar-refractivity contribution >= 4 is 0 Å². The quantitative estimate of drug-likeness (QED) is 0.533. The number of H-pyrrole nitrogens is 1. The fourth-order valence-electron chi connectivity index (χ4n) is 0.576. The van der Waals surface area contributed by atoms with Crippen molar-refractivity contribution in [2.75, 3.05) is 19.9 Å². The molecule has 0 amide bonds. The van der Waals surface area contributed by atoms with Crippen LogP contribution in [0.3, 0.4) is 0 Å². The summed E-state index contributed by atoms with van der Waals surface area (Å²) in [6, 6.07) is 0. The third-order valence-corrected chi connectivity index (χ3v) is 1.03. The van der Waals surface area contributed by atoms with E-state index in [4.69, 9.17) is 4.74 Å². The SMILES string of the molecule is C1COCN1.c1c[nH]cn1. The maximum absolute atomic E-state index is 4.83. The van der Waals surface area contributed by atoms with Gasteiger partial charge in [-0.15, -0.1) is 0 Å². The second kappa shape index (κ2) is 4.96. The van der Waals surface area contributed by atoms with Gasteiger partial charge in [-0.1, -0.05) is 0 Å². The van der Waals surface area contributed by atoms with Crippen molar-refractivity contribution < 1.29 is 4.74 Å². The van der Waals surface area contributed by atoms with Gasteiger partial charge in [0, 0.05) is 18.9 Å². The lowest BCUT2D eigenvalue weighted by molar-refractivity contribution is 0.194. The van der Waals surface area contributed by atoms with E-state index in [1.165, 1.54) is 0 Å². The average Bonchev–Trinajstić information content (AvgIpc) is 2.67. The van der Waals surface area contributed by atoms with Crippen LogP contribution in [0, 0.1) is 0 Å². The molecule has 1 saturated heterocycles. The highest BCUT2D eigenvalue weighted by Gasteiger charge is 1.92. The summed E-state index contributed by atoms with van der Waals surface area (Å²) in [6.07, 6.45) is 5.08. The van der Waals surface area contributed by atoms with Crippen molar-refractivity contribution in [3.63, 3.8) is 0 Å². The molecule has 56 valence electrons. The molecule has 4 nitrogen and oxygen atoms in total. The molecule has 10 heavy (non-hydrogen) atoms. The zero-order chi connectivity index (χ0) is 7.07. The lowest BCUT2D eigenvalue weighted by Crippen LogP contribution is -2.05. The molecule has 1 aromatic heterocycles. The normalized spacial score (nSPS) is 16.0. The van der Waals surface area contributed by atoms with E-state index in [9.17, 15) is 0 Å². The number of aromatic amines is 1. The molecule has 0 unspecified atom stereocenters. The van der Waals surface area contributed by atoms with Crippen LogP contribution in [0.2, 0.25) is 0 Å². The molecule has 0 bridgehead atoms. The molecular weight excluding hydrogens is 130 g/mol. The number of nitrogens with one attached hydrogen (secondary N) is 2. The van der Waals surface area contributed by atoms with Gasteiger partial charge in [-0.25, -0.2) is 4.98 Å². The Kier molecular flexibility index (Phi) is 3.59. The molecule has 2 heterocycles. The molecular formula is C6H11N3O. The zero-order valence-corrected chi connectivity index (χ0v) is 5.71.